The average Bonchev–Trinajstić information content (AvgIpc) is 2.63. The molecule has 3 saturated heterocycles. The summed E-state index contributed by atoms with van der Waals surface area (Å²) in [7, 11) is 0. The summed E-state index contributed by atoms with van der Waals surface area (Å²) in [4.78, 5) is 13.7. The lowest BCUT2D eigenvalue weighted by molar-refractivity contribution is 0.122. The van der Waals surface area contributed by atoms with E-state index in [4.69, 9.17) is 10.5 Å². The van der Waals surface area contributed by atoms with Crippen molar-refractivity contribution in [1.82, 2.24) is 15.3 Å². The molecule has 0 saturated carbocycles. The van der Waals surface area contributed by atoms with Crippen LogP contribution in [0.1, 0.15) is 25.7 Å². The first kappa shape index (κ1) is 21.3. The lowest BCUT2D eigenvalue weighted by Gasteiger charge is -2.46. The highest BCUT2D eigenvalue weighted by molar-refractivity contribution is 5.85. The Kier molecular flexibility index (Phi) is 7.58. The third kappa shape index (κ3) is 4.63. The summed E-state index contributed by atoms with van der Waals surface area (Å²) in [5.74, 6) is 2.30. The van der Waals surface area contributed by atoms with Crippen LogP contribution in [0.2, 0.25) is 0 Å². The molecule has 0 bridgehead atoms. The van der Waals surface area contributed by atoms with Crippen molar-refractivity contribution in [2.45, 2.75) is 25.7 Å². The first-order valence-electron chi connectivity index (χ1n) is 9.17. The van der Waals surface area contributed by atoms with Crippen LogP contribution < -0.4 is 20.9 Å². The van der Waals surface area contributed by atoms with Crippen LogP contribution in [0, 0.1) is 5.41 Å². The summed E-state index contributed by atoms with van der Waals surface area (Å²) >= 11 is 0. The number of nitrogens with two attached hydrogens (primary N) is 1. The Hall–Kier alpha value is -1.02. The summed E-state index contributed by atoms with van der Waals surface area (Å²) in [6.07, 6.45) is 5.10. The predicted molar refractivity (Wildman–Crippen MR) is 110 cm³/mol. The van der Waals surface area contributed by atoms with Gasteiger partial charge in [-0.1, -0.05) is 0 Å². The predicted octanol–water partition coefficient (Wildman–Crippen LogP) is 1.71. The number of piperidine rings is 2. The molecule has 3 aliphatic heterocycles. The molecule has 0 unspecified atom stereocenters. The highest BCUT2D eigenvalue weighted by Crippen LogP contribution is 2.39. The van der Waals surface area contributed by atoms with Crippen LogP contribution in [-0.2, 0) is 4.74 Å². The van der Waals surface area contributed by atoms with Gasteiger partial charge in [0.2, 0.25) is 5.95 Å². The number of nitrogen functional groups attached to an aromatic ring is 1. The smallest absolute Gasteiger partial charge is 0.223 e. The molecule has 0 atom stereocenters. The van der Waals surface area contributed by atoms with Gasteiger partial charge in [-0.15, -0.1) is 24.8 Å². The monoisotopic (exact) mass is 404 g/mol. The Morgan fingerprint density at radius 1 is 0.962 bits per heavy atom. The van der Waals surface area contributed by atoms with Crippen molar-refractivity contribution in [3.8, 4) is 0 Å². The molecule has 0 aliphatic carbocycles. The van der Waals surface area contributed by atoms with Gasteiger partial charge in [-0.3, -0.25) is 0 Å². The van der Waals surface area contributed by atoms with Crippen molar-refractivity contribution >= 4 is 42.4 Å². The Morgan fingerprint density at radius 3 is 2.31 bits per heavy atom. The van der Waals surface area contributed by atoms with Gasteiger partial charge >= 0.3 is 0 Å². The molecule has 3 N–H and O–H groups in total. The van der Waals surface area contributed by atoms with Crippen LogP contribution in [0.5, 0.6) is 0 Å². The van der Waals surface area contributed by atoms with Gasteiger partial charge < -0.3 is 25.6 Å². The molecule has 1 aromatic rings. The minimum absolute atomic E-state index is 0. The fourth-order valence-corrected chi connectivity index (χ4v) is 4.32. The molecule has 0 aromatic carbocycles. The van der Waals surface area contributed by atoms with Gasteiger partial charge in [0.05, 0.1) is 13.2 Å². The summed E-state index contributed by atoms with van der Waals surface area (Å²) in [5, 5.41) is 3.49. The number of ether oxygens (including phenoxy) is 1. The van der Waals surface area contributed by atoms with Gasteiger partial charge in [0, 0.05) is 32.2 Å². The van der Waals surface area contributed by atoms with Gasteiger partial charge in [0.25, 0.3) is 0 Å². The third-order valence-electron chi connectivity index (χ3n) is 5.70. The van der Waals surface area contributed by atoms with E-state index in [9.17, 15) is 0 Å². The SMILES string of the molecule is Cl.Cl.Nc1nc(N2CCOCC2)cc(N2CCCC3(CCNCC3)C2)n1. The van der Waals surface area contributed by atoms with Crippen molar-refractivity contribution in [3.63, 3.8) is 0 Å². The van der Waals surface area contributed by atoms with Crippen LogP contribution in [-0.4, -0.2) is 62.5 Å². The minimum atomic E-state index is 0. The minimum Gasteiger partial charge on any atom is -0.378 e. The third-order valence-corrected chi connectivity index (χ3v) is 5.70. The maximum absolute atomic E-state index is 6.03. The molecule has 0 radical (unpaired) electrons. The summed E-state index contributed by atoms with van der Waals surface area (Å²) in [5.41, 5.74) is 6.47. The number of rotatable bonds is 2. The fourth-order valence-electron chi connectivity index (χ4n) is 4.32. The number of halogens is 2. The maximum atomic E-state index is 6.03. The number of nitrogens with zero attached hydrogens (tertiary/aromatic N) is 4. The number of aromatic nitrogens is 2. The molecule has 9 heteroatoms. The second-order valence-electron chi connectivity index (χ2n) is 7.32. The number of morpholine rings is 1. The molecule has 1 spiro atoms. The Bertz CT molecular complexity index is 573. The summed E-state index contributed by atoms with van der Waals surface area (Å²) in [6.45, 7) is 7.66. The van der Waals surface area contributed by atoms with E-state index < -0.39 is 0 Å². The van der Waals surface area contributed by atoms with Gasteiger partial charge in [-0.05, 0) is 44.2 Å². The van der Waals surface area contributed by atoms with Crippen molar-refractivity contribution in [2.75, 3.05) is 68.0 Å². The molecular formula is C17H30Cl2N6O. The molecule has 1 aromatic heterocycles. The Balaban J connectivity index is 0.00000121. The van der Waals surface area contributed by atoms with E-state index >= 15 is 0 Å². The fraction of sp³-hybridized carbons (Fsp3) is 0.765. The lowest BCUT2D eigenvalue weighted by Crippen LogP contribution is -2.49. The quantitative estimate of drug-likeness (QED) is 0.776. The van der Waals surface area contributed by atoms with Gasteiger partial charge in [-0.25, -0.2) is 0 Å². The van der Waals surface area contributed by atoms with Gasteiger partial charge in [0.1, 0.15) is 11.6 Å². The maximum Gasteiger partial charge on any atom is 0.223 e. The molecule has 3 aliphatic rings. The molecule has 7 nitrogen and oxygen atoms in total. The van der Waals surface area contributed by atoms with E-state index in [-0.39, 0.29) is 24.8 Å². The molecule has 4 heterocycles. The molecule has 3 fully saturated rings. The second kappa shape index (κ2) is 9.26. The van der Waals surface area contributed by atoms with E-state index in [1.165, 1.54) is 25.7 Å². The summed E-state index contributed by atoms with van der Waals surface area (Å²) in [6, 6.07) is 2.11. The first-order chi connectivity index (χ1) is 11.7. The molecule has 4 rings (SSSR count). The van der Waals surface area contributed by atoms with Crippen LogP contribution in [0.15, 0.2) is 6.07 Å². The number of hydrogen-bond donors (Lipinski definition) is 2. The van der Waals surface area contributed by atoms with E-state index in [0.717, 1.165) is 64.1 Å². The van der Waals surface area contributed by atoms with Crippen molar-refractivity contribution in [3.05, 3.63) is 6.07 Å². The normalized spacial score (nSPS) is 22.5. The topological polar surface area (TPSA) is 79.5 Å². The van der Waals surface area contributed by atoms with Crippen LogP contribution >= 0.6 is 24.8 Å². The van der Waals surface area contributed by atoms with E-state index in [2.05, 4.69) is 31.2 Å². The van der Waals surface area contributed by atoms with E-state index in [0.29, 0.717) is 11.4 Å². The molecule has 0 amide bonds. The van der Waals surface area contributed by atoms with Crippen LogP contribution in [0.4, 0.5) is 17.6 Å². The summed E-state index contributed by atoms with van der Waals surface area (Å²) < 4.78 is 5.44. The van der Waals surface area contributed by atoms with Crippen molar-refractivity contribution in [2.24, 2.45) is 5.41 Å². The zero-order valence-corrected chi connectivity index (χ0v) is 16.8. The molecule has 26 heavy (non-hydrogen) atoms. The standard InChI is InChI=1S/C17H28N6O.2ClH/c18-16-20-14(22-8-10-24-11-9-22)12-15(21-16)23-7-1-2-17(13-23)3-5-19-6-4-17;;/h12,19H,1-11,13H2,(H2,18,20,21);2*1H. The number of nitrogens with one attached hydrogen (secondary N) is 1. The Labute approximate surface area is 167 Å². The van der Waals surface area contributed by atoms with E-state index in [1.807, 2.05) is 0 Å². The van der Waals surface area contributed by atoms with Crippen molar-refractivity contribution < 1.29 is 4.74 Å². The Morgan fingerprint density at radius 2 is 1.62 bits per heavy atom. The first-order valence-corrected chi connectivity index (χ1v) is 9.17. The van der Waals surface area contributed by atoms with Gasteiger partial charge in [0.15, 0.2) is 0 Å². The zero-order valence-electron chi connectivity index (χ0n) is 15.2. The van der Waals surface area contributed by atoms with Gasteiger partial charge in [-0.2, -0.15) is 9.97 Å². The van der Waals surface area contributed by atoms with E-state index in [1.54, 1.807) is 0 Å². The zero-order chi connectivity index (χ0) is 16.4. The molecule has 148 valence electrons. The number of hydrogen-bond acceptors (Lipinski definition) is 7. The number of anilines is 3. The van der Waals surface area contributed by atoms with Crippen LogP contribution in [0.25, 0.3) is 0 Å². The largest absolute Gasteiger partial charge is 0.378 e. The lowest BCUT2D eigenvalue weighted by atomic mass is 9.73. The second-order valence-corrected chi connectivity index (χ2v) is 7.32. The van der Waals surface area contributed by atoms with Crippen LogP contribution in [0.3, 0.4) is 0 Å². The highest BCUT2D eigenvalue weighted by atomic mass is 35.5. The van der Waals surface area contributed by atoms with Crippen molar-refractivity contribution in [1.29, 1.82) is 0 Å². The molecular weight excluding hydrogens is 375 g/mol. The average molecular weight is 405 g/mol. The highest BCUT2D eigenvalue weighted by Gasteiger charge is 2.37.